The van der Waals surface area contributed by atoms with Crippen LogP contribution in [0, 0.1) is 6.92 Å². The van der Waals surface area contributed by atoms with E-state index in [0.717, 1.165) is 0 Å². The van der Waals surface area contributed by atoms with E-state index in [1.165, 1.54) is 0 Å². The van der Waals surface area contributed by atoms with Crippen molar-refractivity contribution in [2.24, 2.45) is 0 Å². The lowest BCUT2D eigenvalue weighted by atomic mass is 10.4. The van der Waals surface area contributed by atoms with E-state index in [-0.39, 0.29) is 6.54 Å². The smallest absolute Gasteiger partial charge is 0.317 e. The van der Waals surface area contributed by atoms with Gasteiger partial charge in [-0.05, 0) is 0 Å². The lowest BCUT2D eigenvalue weighted by molar-refractivity contribution is -0.135. The van der Waals surface area contributed by atoms with Crippen molar-refractivity contribution >= 4 is 5.97 Å². The number of hydrogen-bond acceptors (Lipinski definition) is 5. The van der Waals surface area contributed by atoms with Crippen LogP contribution in [-0.4, -0.2) is 34.3 Å². The Kier molecular flexibility index (Phi) is 3.39. The molecule has 72 valence electrons. The first kappa shape index (κ1) is 9.66. The molecule has 0 aliphatic rings. The van der Waals surface area contributed by atoms with Gasteiger partial charge in [0.15, 0.2) is 5.82 Å². The Bertz CT molecular complexity index is 284. The van der Waals surface area contributed by atoms with Crippen molar-refractivity contribution < 1.29 is 14.4 Å². The maximum absolute atomic E-state index is 10.1. The predicted octanol–water partition coefficient (Wildman–Crippen LogP) is -0.405. The third-order valence-electron chi connectivity index (χ3n) is 1.37. The van der Waals surface area contributed by atoms with Gasteiger partial charge in [-0.15, -0.1) is 0 Å². The van der Waals surface area contributed by atoms with E-state index in [0.29, 0.717) is 24.7 Å². The highest BCUT2D eigenvalue weighted by Gasteiger charge is 2.01. The van der Waals surface area contributed by atoms with Crippen LogP contribution >= 0.6 is 0 Å². The van der Waals surface area contributed by atoms with Crippen LogP contribution in [0.15, 0.2) is 4.52 Å². The molecule has 0 fully saturated rings. The van der Waals surface area contributed by atoms with E-state index in [2.05, 4.69) is 15.5 Å². The molecule has 0 radical (unpaired) electrons. The Morgan fingerprint density at radius 2 is 2.46 bits per heavy atom. The van der Waals surface area contributed by atoms with Gasteiger partial charge in [0.05, 0.1) is 6.54 Å². The summed E-state index contributed by atoms with van der Waals surface area (Å²) in [6.07, 6.45) is 0.574. The Balaban J connectivity index is 2.16. The summed E-state index contributed by atoms with van der Waals surface area (Å²) < 4.78 is 4.74. The summed E-state index contributed by atoms with van der Waals surface area (Å²) in [6, 6.07) is 0. The molecule has 0 saturated carbocycles. The quantitative estimate of drug-likeness (QED) is 0.606. The van der Waals surface area contributed by atoms with Crippen molar-refractivity contribution in [2.75, 3.05) is 13.1 Å². The summed E-state index contributed by atoms with van der Waals surface area (Å²) in [7, 11) is 0. The van der Waals surface area contributed by atoms with Crippen LogP contribution in [0.4, 0.5) is 0 Å². The average Bonchev–Trinajstić information content (AvgIpc) is 2.45. The van der Waals surface area contributed by atoms with Gasteiger partial charge < -0.3 is 14.9 Å². The molecule has 2 N–H and O–H groups in total. The number of rotatable bonds is 5. The summed E-state index contributed by atoms with van der Waals surface area (Å²) in [5.41, 5.74) is 0. The Morgan fingerprint density at radius 1 is 1.69 bits per heavy atom. The van der Waals surface area contributed by atoms with Crippen LogP contribution in [0.1, 0.15) is 11.7 Å². The normalized spacial score (nSPS) is 10.2. The van der Waals surface area contributed by atoms with Crippen LogP contribution in [0.3, 0.4) is 0 Å². The van der Waals surface area contributed by atoms with Crippen molar-refractivity contribution in [3.63, 3.8) is 0 Å². The molecule has 0 bridgehead atoms. The minimum Gasteiger partial charge on any atom is -0.480 e. The van der Waals surface area contributed by atoms with Crippen LogP contribution in [-0.2, 0) is 11.2 Å². The van der Waals surface area contributed by atoms with Crippen molar-refractivity contribution in [1.29, 1.82) is 0 Å². The maximum atomic E-state index is 10.1. The molecule has 0 unspecified atom stereocenters. The number of carboxylic acid groups (broad SMARTS) is 1. The second kappa shape index (κ2) is 4.56. The van der Waals surface area contributed by atoms with E-state index in [4.69, 9.17) is 9.63 Å². The van der Waals surface area contributed by atoms with Crippen molar-refractivity contribution in [3.05, 3.63) is 11.7 Å². The molecule has 1 aromatic heterocycles. The number of aryl methyl sites for hydroxylation is 1. The zero-order valence-corrected chi connectivity index (χ0v) is 7.28. The molecule has 0 amide bonds. The molecule has 0 spiro atoms. The van der Waals surface area contributed by atoms with Gasteiger partial charge in [0, 0.05) is 19.9 Å². The second-order valence-electron chi connectivity index (χ2n) is 2.55. The molecule has 0 atom stereocenters. The number of aromatic nitrogens is 2. The lowest BCUT2D eigenvalue weighted by Crippen LogP contribution is -2.24. The molecule has 1 heterocycles. The van der Waals surface area contributed by atoms with Crippen LogP contribution in [0.2, 0.25) is 0 Å². The first-order valence-corrected chi connectivity index (χ1v) is 3.90. The van der Waals surface area contributed by atoms with Crippen LogP contribution in [0.25, 0.3) is 0 Å². The third kappa shape index (κ3) is 3.66. The highest BCUT2D eigenvalue weighted by molar-refractivity contribution is 5.68. The first-order chi connectivity index (χ1) is 6.18. The van der Waals surface area contributed by atoms with Gasteiger partial charge in [0.25, 0.3) is 0 Å². The molecule has 6 nitrogen and oxygen atoms in total. The summed E-state index contributed by atoms with van der Waals surface area (Å²) in [4.78, 5) is 14.1. The summed E-state index contributed by atoms with van der Waals surface area (Å²) in [5.74, 6) is 0.243. The number of hydrogen-bond donors (Lipinski definition) is 2. The zero-order chi connectivity index (χ0) is 9.68. The minimum absolute atomic E-state index is 0.0448. The van der Waals surface area contributed by atoms with Crippen LogP contribution < -0.4 is 5.32 Å². The first-order valence-electron chi connectivity index (χ1n) is 3.90. The highest BCUT2D eigenvalue weighted by Crippen LogP contribution is 1.94. The summed E-state index contributed by atoms with van der Waals surface area (Å²) >= 11 is 0. The van der Waals surface area contributed by atoms with Gasteiger partial charge in [-0.3, -0.25) is 4.79 Å². The van der Waals surface area contributed by atoms with Crippen LogP contribution in [0.5, 0.6) is 0 Å². The minimum atomic E-state index is -0.871. The number of nitrogens with one attached hydrogen (secondary N) is 1. The van der Waals surface area contributed by atoms with Crippen molar-refractivity contribution in [1.82, 2.24) is 15.5 Å². The molecule has 6 heteroatoms. The third-order valence-corrected chi connectivity index (χ3v) is 1.37. The predicted molar refractivity (Wildman–Crippen MR) is 43.2 cm³/mol. The molecule has 0 saturated heterocycles. The zero-order valence-electron chi connectivity index (χ0n) is 7.28. The van der Waals surface area contributed by atoms with E-state index in [9.17, 15) is 4.79 Å². The van der Waals surface area contributed by atoms with Gasteiger partial charge in [0.1, 0.15) is 0 Å². The van der Waals surface area contributed by atoms with Crippen molar-refractivity contribution in [2.45, 2.75) is 13.3 Å². The Hall–Kier alpha value is -1.43. The second-order valence-corrected chi connectivity index (χ2v) is 2.55. The monoisotopic (exact) mass is 185 g/mol. The van der Waals surface area contributed by atoms with Gasteiger partial charge >= 0.3 is 5.97 Å². The number of aliphatic carboxylic acids is 1. The number of carbonyl (C=O) groups is 1. The molecule has 0 aliphatic heterocycles. The fourth-order valence-corrected chi connectivity index (χ4v) is 0.838. The Morgan fingerprint density at radius 3 is 3.00 bits per heavy atom. The summed E-state index contributed by atoms with van der Waals surface area (Å²) in [6.45, 7) is 2.20. The van der Waals surface area contributed by atoms with E-state index in [1.807, 2.05) is 0 Å². The molecule has 0 aliphatic carbocycles. The molecule has 1 aromatic rings. The lowest BCUT2D eigenvalue weighted by Gasteiger charge is -1.96. The maximum Gasteiger partial charge on any atom is 0.317 e. The molecule has 13 heavy (non-hydrogen) atoms. The topological polar surface area (TPSA) is 88.2 Å². The SMILES string of the molecule is Cc1nc(CCNCC(=O)O)no1. The fraction of sp³-hybridized carbons (Fsp3) is 0.571. The standard InChI is InChI=1S/C7H11N3O3/c1-5-9-6(10-13-5)2-3-8-4-7(11)12/h8H,2-4H2,1H3,(H,11,12). The highest BCUT2D eigenvalue weighted by atomic mass is 16.5. The van der Waals surface area contributed by atoms with Gasteiger partial charge in [-0.2, -0.15) is 4.98 Å². The van der Waals surface area contributed by atoms with Gasteiger partial charge in [0.2, 0.25) is 5.89 Å². The molecular weight excluding hydrogens is 174 g/mol. The molecule has 1 rings (SSSR count). The fourth-order valence-electron chi connectivity index (χ4n) is 0.838. The number of nitrogens with zero attached hydrogens (tertiary/aromatic N) is 2. The molecule has 0 aromatic carbocycles. The average molecular weight is 185 g/mol. The largest absolute Gasteiger partial charge is 0.480 e. The summed E-state index contributed by atoms with van der Waals surface area (Å²) in [5, 5.41) is 14.7. The van der Waals surface area contributed by atoms with Gasteiger partial charge in [-0.25, -0.2) is 0 Å². The van der Waals surface area contributed by atoms with Gasteiger partial charge in [-0.1, -0.05) is 5.16 Å². The molecular formula is C7H11N3O3. The number of carboxylic acids is 1. The van der Waals surface area contributed by atoms with Crippen molar-refractivity contribution in [3.8, 4) is 0 Å². The Labute approximate surface area is 74.9 Å². The van der Waals surface area contributed by atoms with E-state index in [1.54, 1.807) is 6.92 Å². The van der Waals surface area contributed by atoms with E-state index < -0.39 is 5.97 Å². The van der Waals surface area contributed by atoms with E-state index >= 15 is 0 Å².